The third kappa shape index (κ3) is 3.44. The lowest BCUT2D eigenvalue weighted by molar-refractivity contribution is 0.562. The Kier molecular flexibility index (Phi) is 5.38. The largest absolute Gasteiger partial charge is 0.313 e. The average molecular weight is 291 g/mol. The summed E-state index contributed by atoms with van der Waals surface area (Å²) in [6.07, 6.45) is 4.04. The molecule has 0 amide bonds. The van der Waals surface area contributed by atoms with Crippen molar-refractivity contribution in [1.29, 1.82) is 0 Å². The van der Waals surface area contributed by atoms with Gasteiger partial charge < -0.3 is 5.32 Å². The van der Waals surface area contributed by atoms with Gasteiger partial charge in [-0.1, -0.05) is 20.8 Å². The first-order valence-electron chi connectivity index (χ1n) is 7.50. The third-order valence-corrected chi connectivity index (χ3v) is 3.24. The maximum Gasteiger partial charge on any atom is 0.191 e. The van der Waals surface area contributed by atoms with Crippen molar-refractivity contribution in [1.82, 2.24) is 25.1 Å². The summed E-state index contributed by atoms with van der Waals surface area (Å²) in [5.74, 6) is 1.35. The molecule has 2 aromatic rings. The van der Waals surface area contributed by atoms with Crippen molar-refractivity contribution in [2.24, 2.45) is 0 Å². The summed E-state index contributed by atoms with van der Waals surface area (Å²) in [6.45, 7) is 7.39. The number of pyridine rings is 1. The highest BCUT2D eigenvalue weighted by atomic mass is 19.1. The minimum Gasteiger partial charge on any atom is -0.313 e. The maximum atomic E-state index is 14.6. The molecule has 2 rings (SSSR count). The lowest BCUT2D eigenvalue weighted by atomic mass is 10.2. The topological polar surface area (TPSA) is 55.6 Å². The second-order valence-electron chi connectivity index (χ2n) is 4.85. The van der Waals surface area contributed by atoms with Gasteiger partial charge in [-0.15, -0.1) is 5.10 Å². The standard InChI is InChI=1S/C15H22FN5/c1-4-8-17-10-11-7-9-18-15(14(11)16)21-13(6-3)19-12(5-2)20-21/h7,9,17H,4-6,8,10H2,1-3H3. The number of aryl methyl sites for hydroxylation is 2. The Labute approximate surface area is 124 Å². The fourth-order valence-corrected chi connectivity index (χ4v) is 2.10. The Balaban J connectivity index is 2.35. The van der Waals surface area contributed by atoms with Crippen LogP contribution in [-0.2, 0) is 19.4 Å². The lowest BCUT2D eigenvalue weighted by Crippen LogP contribution is -2.16. The van der Waals surface area contributed by atoms with E-state index in [1.807, 2.05) is 13.8 Å². The van der Waals surface area contributed by atoms with E-state index in [-0.39, 0.29) is 11.6 Å². The van der Waals surface area contributed by atoms with E-state index in [4.69, 9.17) is 0 Å². The molecule has 0 saturated heterocycles. The molecule has 6 heteroatoms. The van der Waals surface area contributed by atoms with E-state index in [9.17, 15) is 4.39 Å². The van der Waals surface area contributed by atoms with Gasteiger partial charge in [-0.05, 0) is 19.0 Å². The fraction of sp³-hybridized carbons (Fsp3) is 0.533. The summed E-state index contributed by atoms with van der Waals surface area (Å²) < 4.78 is 16.1. The molecule has 21 heavy (non-hydrogen) atoms. The molecule has 0 fully saturated rings. The van der Waals surface area contributed by atoms with Crippen LogP contribution in [0.2, 0.25) is 0 Å². The molecule has 0 spiro atoms. The first kappa shape index (κ1) is 15.6. The van der Waals surface area contributed by atoms with Gasteiger partial charge in [-0.2, -0.15) is 4.68 Å². The van der Waals surface area contributed by atoms with Gasteiger partial charge in [-0.3, -0.25) is 0 Å². The van der Waals surface area contributed by atoms with Gasteiger partial charge in [0.2, 0.25) is 0 Å². The predicted octanol–water partition coefficient (Wildman–Crippen LogP) is 2.43. The minimum absolute atomic E-state index is 0.231. The molecule has 2 aromatic heterocycles. The van der Waals surface area contributed by atoms with Crippen LogP contribution in [0.25, 0.3) is 5.82 Å². The van der Waals surface area contributed by atoms with Crippen LogP contribution in [0.5, 0.6) is 0 Å². The second kappa shape index (κ2) is 7.26. The number of hydrogen-bond acceptors (Lipinski definition) is 4. The van der Waals surface area contributed by atoms with Crippen LogP contribution in [0.4, 0.5) is 4.39 Å². The highest BCUT2D eigenvalue weighted by Crippen LogP contribution is 2.16. The van der Waals surface area contributed by atoms with E-state index in [2.05, 4.69) is 27.3 Å². The van der Waals surface area contributed by atoms with E-state index in [1.54, 1.807) is 12.3 Å². The quantitative estimate of drug-likeness (QED) is 0.796. The van der Waals surface area contributed by atoms with Gasteiger partial charge in [0.25, 0.3) is 0 Å². The average Bonchev–Trinajstić information content (AvgIpc) is 2.92. The van der Waals surface area contributed by atoms with E-state index in [0.29, 0.717) is 24.4 Å². The van der Waals surface area contributed by atoms with Crippen molar-refractivity contribution < 1.29 is 4.39 Å². The molecule has 0 aliphatic rings. The Morgan fingerprint density at radius 1 is 1.24 bits per heavy atom. The third-order valence-electron chi connectivity index (χ3n) is 3.24. The van der Waals surface area contributed by atoms with Crippen LogP contribution >= 0.6 is 0 Å². The lowest BCUT2D eigenvalue weighted by Gasteiger charge is -2.09. The molecule has 0 aliphatic carbocycles. The van der Waals surface area contributed by atoms with Gasteiger partial charge >= 0.3 is 0 Å². The van der Waals surface area contributed by atoms with Gasteiger partial charge in [0.15, 0.2) is 17.5 Å². The highest BCUT2D eigenvalue weighted by molar-refractivity contribution is 5.30. The zero-order chi connectivity index (χ0) is 15.2. The zero-order valence-corrected chi connectivity index (χ0v) is 12.9. The van der Waals surface area contributed by atoms with Crippen LogP contribution in [0.1, 0.15) is 44.4 Å². The zero-order valence-electron chi connectivity index (χ0n) is 12.9. The van der Waals surface area contributed by atoms with Crippen molar-refractivity contribution >= 4 is 0 Å². The molecule has 2 heterocycles. The molecule has 0 bridgehead atoms. The SMILES string of the molecule is CCCNCc1ccnc(-n2nc(CC)nc2CC)c1F. The van der Waals surface area contributed by atoms with Gasteiger partial charge in [0.1, 0.15) is 5.82 Å². The second-order valence-corrected chi connectivity index (χ2v) is 4.85. The van der Waals surface area contributed by atoms with Gasteiger partial charge in [0, 0.05) is 31.1 Å². The van der Waals surface area contributed by atoms with Crippen LogP contribution in [0, 0.1) is 5.82 Å². The number of nitrogens with one attached hydrogen (secondary N) is 1. The molecule has 0 radical (unpaired) electrons. The molecule has 114 valence electrons. The molecular formula is C15H22FN5. The number of nitrogens with zero attached hydrogens (tertiary/aromatic N) is 4. The molecule has 5 nitrogen and oxygen atoms in total. The molecule has 0 aliphatic heterocycles. The van der Waals surface area contributed by atoms with Crippen molar-refractivity contribution in [2.75, 3.05) is 6.54 Å². The molecule has 1 N–H and O–H groups in total. The van der Waals surface area contributed by atoms with Crippen LogP contribution < -0.4 is 5.32 Å². The van der Waals surface area contributed by atoms with E-state index >= 15 is 0 Å². The van der Waals surface area contributed by atoms with E-state index in [0.717, 1.165) is 25.2 Å². The van der Waals surface area contributed by atoms with Crippen LogP contribution in [0.3, 0.4) is 0 Å². The Morgan fingerprint density at radius 3 is 2.71 bits per heavy atom. The van der Waals surface area contributed by atoms with Gasteiger partial charge in [-0.25, -0.2) is 14.4 Å². The number of hydrogen-bond donors (Lipinski definition) is 1. The number of rotatable bonds is 7. The number of aromatic nitrogens is 4. The summed E-state index contributed by atoms with van der Waals surface area (Å²) in [5.41, 5.74) is 0.601. The smallest absolute Gasteiger partial charge is 0.191 e. The minimum atomic E-state index is -0.330. The Bertz CT molecular complexity index is 594. The Hall–Kier alpha value is -1.82. The van der Waals surface area contributed by atoms with Crippen molar-refractivity contribution in [3.63, 3.8) is 0 Å². The monoisotopic (exact) mass is 291 g/mol. The summed E-state index contributed by atoms with van der Waals surface area (Å²) >= 11 is 0. The molecule has 0 unspecified atom stereocenters. The van der Waals surface area contributed by atoms with Crippen LogP contribution in [0.15, 0.2) is 12.3 Å². The molecule has 0 atom stereocenters. The molecule has 0 saturated carbocycles. The van der Waals surface area contributed by atoms with Crippen LogP contribution in [-0.4, -0.2) is 26.3 Å². The molecular weight excluding hydrogens is 269 g/mol. The first-order chi connectivity index (χ1) is 10.2. The van der Waals surface area contributed by atoms with Crippen molar-refractivity contribution in [3.05, 3.63) is 35.3 Å². The van der Waals surface area contributed by atoms with Crippen molar-refractivity contribution in [3.8, 4) is 5.82 Å². The maximum absolute atomic E-state index is 14.6. The summed E-state index contributed by atoms with van der Waals surface area (Å²) in [7, 11) is 0. The van der Waals surface area contributed by atoms with E-state index < -0.39 is 0 Å². The first-order valence-corrected chi connectivity index (χ1v) is 7.50. The van der Waals surface area contributed by atoms with Gasteiger partial charge in [0.05, 0.1) is 0 Å². The predicted molar refractivity (Wildman–Crippen MR) is 79.9 cm³/mol. The number of halogens is 1. The van der Waals surface area contributed by atoms with Crippen molar-refractivity contribution in [2.45, 2.75) is 46.6 Å². The fourth-order valence-electron chi connectivity index (χ4n) is 2.10. The highest BCUT2D eigenvalue weighted by Gasteiger charge is 2.16. The Morgan fingerprint density at radius 2 is 2.05 bits per heavy atom. The molecule has 0 aromatic carbocycles. The van der Waals surface area contributed by atoms with E-state index in [1.165, 1.54) is 4.68 Å². The normalized spacial score (nSPS) is 11.0. The summed E-state index contributed by atoms with van der Waals surface area (Å²) in [4.78, 5) is 8.55. The summed E-state index contributed by atoms with van der Waals surface area (Å²) in [5, 5.41) is 7.55. The summed E-state index contributed by atoms with van der Waals surface area (Å²) in [6, 6.07) is 1.70.